The van der Waals surface area contributed by atoms with Crippen LogP contribution in [0.4, 0.5) is 8.78 Å². The van der Waals surface area contributed by atoms with E-state index in [9.17, 15) is 13.6 Å². The van der Waals surface area contributed by atoms with Crippen molar-refractivity contribution in [1.82, 2.24) is 4.98 Å². The van der Waals surface area contributed by atoms with Gasteiger partial charge in [0.1, 0.15) is 11.8 Å². The number of carbonyl (C=O) groups excluding carboxylic acids is 1. The van der Waals surface area contributed by atoms with Gasteiger partial charge in [-0.15, -0.1) is 0 Å². The Morgan fingerprint density at radius 2 is 2.33 bits per heavy atom. The molecule has 0 unspecified atom stereocenters. The molecule has 0 aromatic carbocycles. The smallest absolute Gasteiger partial charge is 0.309 e. The van der Waals surface area contributed by atoms with Gasteiger partial charge in [0.25, 0.3) is 6.43 Å². The third-order valence-electron chi connectivity index (χ3n) is 2.31. The molecular formula is C11H11F2N3O2. The molecule has 0 bridgehead atoms. The number of rotatable bonds is 4. The molecule has 2 N–H and O–H groups in total. The number of ether oxygens (including phenoxy) is 1. The zero-order valence-corrected chi connectivity index (χ0v) is 9.61. The number of nitrogens with zero attached hydrogens (tertiary/aromatic N) is 2. The summed E-state index contributed by atoms with van der Waals surface area (Å²) in [6.07, 6.45) is -3.16. The van der Waals surface area contributed by atoms with Crippen molar-refractivity contribution in [3.63, 3.8) is 0 Å². The number of nitrogens with two attached hydrogens (primary N) is 1. The lowest BCUT2D eigenvalue weighted by Crippen LogP contribution is -2.13. The molecule has 0 radical (unpaired) electrons. The Hall–Kier alpha value is -2.07. The standard InChI is InChI=1S/C11H11F2N3O2/c1-18-9(17)3-6-2-7(4-14)16-8(5-15)10(6)11(12)13/h2,11H,3,5,15H2,1H3. The van der Waals surface area contributed by atoms with E-state index in [-0.39, 0.29) is 29.9 Å². The second-order valence-electron chi connectivity index (χ2n) is 3.40. The largest absolute Gasteiger partial charge is 0.469 e. The molecule has 0 atom stereocenters. The van der Waals surface area contributed by atoms with Gasteiger partial charge in [-0.3, -0.25) is 4.79 Å². The van der Waals surface area contributed by atoms with E-state index >= 15 is 0 Å². The predicted molar refractivity (Wildman–Crippen MR) is 57.5 cm³/mol. The summed E-state index contributed by atoms with van der Waals surface area (Å²) in [6.45, 7) is -0.233. The summed E-state index contributed by atoms with van der Waals surface area (Å²) in [4.78, 5) is 14.9. The Bertz CT molecular complexity index is 498. The van der Waals surface area contributed by atoms with Gasteiger partial charge in [0.15, 0.2) is 0 Å². The average Bonchev–Trinajstić information content (AvgIpc) is 2.36. The number of halogens is 2. The lowest BCUT2D eigenvalue weighted by molar-refractivity contribution is -0.139. The van der Waals surface area contributed by atoms with E-state index in [1.807, 2.05) is 0 Å². The van der Waals surface area contributed by atoms with Crippen molar-refractivity contribution in [2.45, 2.75) is 19.4 Å². The molecule has 0 aliphatic heterocycles. The molecule has 5 nitrogen and oxygen atoms in total. The van der Waals surface area contributed by atoms with Crippen molar-refractivity contribution in [2.75, 3.05) is 7.11 Å². The van der Waals surface area contributed by atoms with E-state index in [2.05, 4.69) is 9.72 Å². The molecule has 1 rings (SSSR count). The number of hydrogen-bond acceptors (Lipinski definition) is 5. The third kappa shape index (κ3) is 2.99. The molecule has 0 amide bonds. The second kappa shape index (κ2) is 6.02. The van der Waals surface area contributed by atoms with Crippen LogP contribution in [0.15, 0.2) is 6.07 Å². The maximum Gasteiger partial charge on any atom is 0.309 e. The van der Waals surface area contributed by atoms with Crippen LogP contribution in [0.25, 0.3) is 0 Å². The molecular weight excluding hydrogens is 244 g/mol. The third-order valence-corrected chi connectivity index (χ3v) is 2.31. The fourth-order valence-electron chi connectivity index (χ4n) is 1.52. The first-order valence-corrected chi connectivity index (χ1v) is 5.01. The predicted octanol–water partition coefficient (Wildman–Crippen LogP) is 1.07. The quantitative estimate of drug-likeness (QED) is 0.813. The Morgan fingerprint density at radius 3 is 2.78 bits per heavy atom. The maximum atomic E-state index is 12.9. The number of methoxy groups -OCH3 is 1. The van der Waals surface area contributed by atoms with E-state index in [1.165, 1.54) is 0 Å². The number of alkyl halides is 2. The lowest BCUT2D eigenvalue weighted by Gasteiger charge is -2.12. The van der Waals surface area contributed by atoms with Crippen molar-refractivity contribution in [2.24, 2.45) is 5.73 Å². The Kier molecular flexibility index (Phi) is 4.68. The number of esters is 1. The van der Waals surface area contributed by atoms with Crippen LogP contribution in [0.1, 0.15) is 28.9 Å². The molecule has 18 heavy (non-hydrogen) atoms. The van der Waals surface area contributed by atoms with Crippen LogP contribution in [0.3, 0.4) is 0 Å². The van der Waals surface area contributed by atoms with Crippen LogP contribution in [0, 0.1) is 11.3 Å². The molecule has 0 fully saturated rings. The minimum Gasteiger partial charge on any atom is -0.469 e. The SMILES string of the molecule is COC(=O)Cc1cc(C#N)nc(CN)c1C(F)F. The van der Waals surface area contributed by atoms with E-state index in [0.29, 0.717) is 0 Å². The first-order chi connectivity index (χ1) is 8.53. The highest BCUT2D eigenvalue weighted by Gasteiger charge is 2.21. The van der Waals surface area contributed by atoms with Gasteiger partial charge in [-0.2, -0.15) is 5.26 Å². The van der Waals surface area contributed by atoms with E-state index in [4.69, 9.17) is 11.0 Å². The van der Waals surface area contributed by atoms with Crippen LogP contribution in [0.2, 0.25) is 0 Å². The Labute approximate surface area is 102 Å². The van der Waals surface area contributed by atoms with Gasteiger partial charge in [0.2, 0.25) is 0 Å². The van der Waals surface area contributed by atoms with Gasteiger partial charge >= 0.3 is 5.97 Å². The Morgan fingerprint density at radius 1 is 1.67 bits per heavy atom. The summed E-state index contributed by atoms with van der Waals surface area (Å²) < 4.78 is 30.3. The van der Waals surface area contributed by atoms with Crippen LogP contribution in [-0.4, -0.2) is 18.1 Å². The van der Waals surface area contributed by atoms with Crippen molar-refractivity contribution in [1.29, 1.82) is 5.26 Å². The number of carbonyl (C=O) groups is 1. The topological polar surface area (TPSA) is 89.0 Å². The highest BCUT2D eigenvalue weighted by molar-refractivity contribution is 5.73. The summed E-state index contributed by atoms with van der Waals surface area (Å²) in [5, 5.41) is 8.75. The van der Waals surface area contributed by atoms with Crippen LogP contribution in [-0.2, 0) is 22.5 Å². The monoisotopic (exact) mass is 255 g/mol. The fourth-order valence-corrected chi connectivity index (χ4v) is 1.52. The van der Waals surface area contributed by atoms with E-state index < -0.39 is 18.0 Å². The molecule has 0 aliphatic carbocycles. The lowest BCUT2D eigenvalue weighted by atomic mass is 10.0. The van der Waals surface area contributed by atoms with Crippen LogP contribution in [0.5, 0.6) is 0 Å². The van der Waals surface area contributed by atoms with Gasteiger partial charge < -0.3 is 10.5 Å². The van der Waals surface area contributed by atoms with Gasteiger partial charge in [-0.25, -0.2) is 13.8 Å². The van der Waals surface area contributed by atoms with E-state index in [0.717, 1.165) is 13.2 Å². The van der Waals surface area contributed by atoms with Crippen molar-refractivity contribution in [3.05, 3.63) is 28.6 Å². The van der Waals surface area contributed by atoms with Crippen LogP contribution >= 0.6 is 0 Å². The molecule has 1 aromatic heterocycles. The van der Waals surface area contributed by atoms with Crippen molar-refractivity contribution in [3.8, 4) is 6.07 Å². The second-order valence-corrected chi connectivity index (χ2v) is 3.40. The minimum absolute atomic E-state index is 0.0175. The first-order valence-electron chi connectivity index (χ1n) is 5.01. The zero-order valence-electron chi connectivity index (χ0n) is 9.61. The van der Waals surface area contributed by atoms with E-state index in [1.54, 1.807) is 6.07 Å². The molecule has 0 spiro atoms. The summed E-state index contributed by atoms with van der Waals surface area (Å²) in [5.41, 5.74) is 4.80. The number of hydrogen-bond donors (Lipinski definition) is 1. The highest BCUT2D eigenvalue weighted by Crippen LogP contribution is 2.27. The summed E-state index contributed by atoms with van der Waals surface area (Å²) >= 11 is 0. The van der Waals surface area contributed by atoms with Gasteiger partial charge in [0.05, 0.1) is 19.2 Å². The summed E-state index contributed by atoms with van der Waals surface area (Å²) in [5.74, 6) is -0.671. The molecule has 7 heteroatoms. The fraction of sp³-hybridized carbons (Fsp3) is 0.364. The molecule has 96 valence electrons. The molecule has 1 aromatic rings. The zero-order chi connectivity index (χ0) is 13.7. The highest BCUT2D eigenvalue weighted by atomic mass is 19.3. The summed E-state index contributed by atoms with van der Waals surface area (Å²) in [7, 11) is 1.15. The average molecular weight is 255 g/mol. The molecule has 0 aliphatic rings. The van der Waals surface area contributed by atoms with Gasteiger partial charge in [-0.1, -0.05) is 0 Å². The molecule has 0 saturated carbocycles. The Balaban J connectivity index is 3.35. The molecule has 1 heterocycles. The van der Waals surface area contributed by atoms with Crippen molar-refractivity contribution < 1.29 is 18.3 Å². The minimum atomic E-state index is -2.82. The summed E-state index contributed by atoms with van der Waals surface area (Å²) in [6, 6.07) is 2.89. The van der Waals surface area contributed by atoms with Gasteiger partial charge in [0, 0.05) is 12.1 Å². The molecule has 0 saturated heterocycles. The number of pyridine rings is 1. The number of nitriles is 1. The van der Waals surface area contributed by atoms with Crippen LogP contribution < -0.4 is 5.73 Å². The maximum absolute atomic E-state index is 12.9. The van der Waals surface area contributed by atoms with Gasteiger partial charge in [-0.05, 0) is 11.6 Å². The normalized spacial score (nSPS) is 10.2. The first kappa shape index (κ1) is 14.0. The number of aromatic nitrogens is 1. The van der Waals surface area contributed by atoms with Crippen molar-refractivity contribution >= 4 is 5.97 Å².